The fraction of sp³-hybridized carbons (Fsp3) is 0. The molecule has 1 radical (unpaired) electrons. The molecule has 1 aromatic heterocycles. The smallest absolute Gasteiger partial charge is 0.145 e. The summed E-state index contributed by atoms with van der Waals surface area (Å²) in [6.45, 7) is 3.81. The summed E-state index contributed by atoms with van der Waals surface area (Å²) < 4.78 is 0. The molecule has 13 heavy (non-hydrogen) atoms. The number of aromatic amines is 1. The van der Waals surface area contributed by atoms with E-state index in [1.165, 1.54) is 0 Å². The molecule has 0 atom stereocenters. The van der Waals surface area contributed by atoms with Gasteiger partial charge in [-0.2, -0.15) is 5.10 Å². The molecule has 0 spiro atoms. The standard InChI is InChI=1S/C10H10N3/c1-7-2-4-8(5-3-7)9-6-10(11)13-12-9/h2-6H,1H2,(H3,11,12,13). The molecule has 2 aromatic rings. The molecule has 65 valence electrons. The lowest BCUT2D eigenvalue weighted by atomic mass is 10.1. The molecule has 0 bridgehead atoms. The van der Waals surface area contributed by atoms with Crippen molar-refractivity contribution < 1.29 is 0 Å². The molecule has 0 aliphatic carbocycles. The topological polar surface area (TPSA) is 54.7 Å². The van der Waals surface area contributed by atoms with Crippen LogP contribution < -0.4 is 5.73 Å². The van der Waals surface area contributed by atoms with Crippen molar-refractivity contribution in [2.24, 2.45) is 0 Å². The summed E-state index contributed by atoms with van der Waals surface area (Å²) in [6.07, 6.45) is 0. The van der Waals surface area contributed by atoms with Crippen LogP contribution in [0.3, 0.4) is 0 Å². The third kappa shape index (κ3) is 1.54. The second-order valence-electron chi connectivity index (χ2n) is 2.90. The fourth-order valence-electron chi connectivity index (χ4n) is 1.17. The van der Waals surface area contributed by atoms with Crippen LogP contribution in [0.4, 0.5) is 5.82 Å². The molecule has 0 aliphatic rings. The number of nitrogens with zero attached hydrogens (tertiary/aromatic N) is 1. The van der Waals surface area contributed by atoms with Crippen molar-refractivity contribution in [3.8, 4) is 11.3 Å². The van der Waals surface area contributed by atoms with Crippen molar-refractivity contribution in [2.45, 2.75) is 0 Å². The largest absolute Gasteiger partial charge is 0.382 e. The van der Waals surface area contributed by atoms with Crippen molar-refractivity contribution in [2.75, 3.05) is 5.73 Å². The molecule has 0 amide bonds. The lowest BCUT2D eigenvalue weighted by molar-refractivity contribution is 1.10. The van der Waals surface area contributed by atoms with E-state index >= 15 is 0 Å². The van der Waals surface area contributed by atoms with Crippen LogP contribution in [-0.2, 0) is 0 Å². The zero-order valence-electron chi connectivity index (χ0n) is 7.12. The van der Waals surface area contributed by atoms with Crippen molar-refractivity contribution >= 4 is 5.82 Å². The van der Waals surface area contributed by atoms with Crippen molar-refractivity contribution in [3.63, 3.8) is 0 Å². The third-order valence-corrected chi connectivity index (χ3v) is 1.86. The number of anilines is 1. The van der Waals surface area contributed by atoms with E-state index in [0.29, 0.717) is 5.82 Å². The third-order valence-electron chi connectivity index (χ3n) is 1.86. The van der Waals surface area contributed by atoms with Gasteiger partial charge in [-0.3, -0.25) is 5.10 Å². The summed E-state index contributed by atoms with van der Waals surface area (Å²) in [5.74, 6) is 0.508. The quantitative estimate of drug-likeness (QED) is 0.689. The van der Waals surface area contributed by atoms with E-state index in [1.54, 1.807) is 6.07 Å². The second kappa shape index (κ2) is 2.94. The Labute approximate surface area is 76.6 Å². The maximum atomic E-state index is 5.49. The predicted molar refractivity (Wildman–Crippen MR) is 52.9 cm³/mol. The van der Waals surface area contributed by atoms with Crippen LogP contribution in [0.5, 0.6) is 0 Å². The Balaban J connectivity index is 2.41. The van der Waals surface area contributed by atoms with E-state index in [2.05, 4.69) is 17.1 Å². The molecule has 1 aromatic carbocycles. The highest BCUT2D eigenvalue weighted by Gasteiger charge is 1.99. The normalized spacial score (nSPS) is 10.2. The SMILES string of the molecule is [CH2]c1ccc(-c2cc(N)n[nH]2)cc1. The van der Waals surface area contributed by atoms with Gasteiger partial charge < -0.3 is 5.73 Å². The molecule has 0 saturated carbocycles. The van der Waals surface area contributed by atoms with Gasteiger partial charge in [0.1, 0.15) is 5.82 Å². The second-order valence-corrected chi connectivity index (χ2v) is 2.90. The lowest BCUT2D eigenvalue weighted by Crippen LogP contribution is -1.81. The molecular weight excluding hydrogens is 162 g/mol. The van der Waals surface area contributed by atoms with E-state index in [-0.39, 0.29) is 0 Å². The van der Waals surface area contributed by atoms with Gasteiger partial charge in [-0.25, -0.2) is 0 Å². The van der Waals surface area contributed by atoms with Gasteiger partial charge in [-0.05, 0) is 18.1 Å². The van der Waals surface area contributed by atoms with Crippen LogP contribution >= 0.6 is 0 Å². The van der Waals surface area contributed by atoms with Gasteiger partial charge in [-0.15, -0.1) is 0 Å². The zero-order valence-corrected chi connectivity index (χ0v) is 7.12. The van der Waals surface area contributed by atoms with Crippen LogP contribution in [0.2, 0.25) is 0 Å². The number of nitrogens with two attached hydrogens (primary N) is 1. The highest BCUT2D eigenvalue weighted by atomic mass is 15.2. The van der Waals surface area contributed by atoms with Gasteiger partial charge in [0.15, 0.2) is 0 Å². The Morgan fingerprint density at radius 1 is 1.23 bits per heavy atom. The maximum absolute atomic E-state index is 5.49. The Bertz CT molecular complexity index is 400. The average molecular weight is 172 g/mol. The van der Waals surface area contributed by atoms with Crippen LogP contribution in [0.25, 0.3) is 11.3 Å². The minimum Gasteiger partial charge on any atom is -0.382 e. The molecule has 2 rings (SSSR count). The van der Waals surface area contributed by atoms with Crippen molar-refractivity contribution in [1.82, 2.24) is 10.2 Å². The summed E-state index contributed by atoms with van der Waals surface area (Å²) in [5.41, 5.74) is 8.48. The van der Waals surface area contributed by atoms with Crippen LogP contribution in [-0.4, -0.2) is 10.2 Å². The van der Waals surface area contributed by atoms with Crippen LogP contribution in [0.15, 0.2) is 30.3 Å². The highest BCUT2D eigenvalue weighted by molar-refractivity contribution is 5.62. The van der Waals surface area contributed by atoms with E-state index in [1.807, 2.05) is 24.3 Å². The van der Waals surface area contributed by atoms with Gasteiger partial charge in [0.05, 0.1) is 5.69 Å². The molecule has 0 aliphatic heterocycles. The minimum atomic E-state index is 0.508. The summed E-state index contributed by atoms with van der Waals surface area (Å²) in [5, 5.41) is 6.70. The number of rotatable bonds is 1. The van der Waals surface area contributed by atoms with E-state index in [4.69, 9.17) is 5.73 Å². The first-order valence-corrected chi connectivity index (χ1v) is 3.99. The molecule has 3 nitrogen and oxygen atoms in total. The summed E-state index contributed by atoms with van der Waals surface area (Å²) >= 11 is 0. The van der Waals surface area contributed by atoms with Gasteiger partial charge in [0.25, 0.3) is 0 Å². The number of nitrogens with one attached hydrogen (secondary N) is 1. The maximum Gasteiger partial charge on any atom is 0.145 e. The summed E-state index contributed by atoms with van der Waals surface area (Å²) in [7, 11) is 0. The number of benzene rings is 1. The van der Waals surface area contributed by atoms with Gasteiger partial charge in [-0.1, -0.05) is 24.3 Å². The Kier molecular flexibility index (Phi) is 1.77. The monoisotopic (exact) mass is 172 g/mol. The Hall–Kier alpha value is -1.77. The van der Waals surface area contributed by atoms with E-state index < -0.39 is 0 Å². The van der Waals surface area contributed by atoms with Crippen molar-refractivity contribution in [3.05, 3.63) is 42.8 Å². The van der Waals surface area contributed by atoms with Crippen molar-refractivity contribution in [1.29, 1.82) is 0 Å². The summed E-state index contributed by atoms with van der Waals surface area (Å²) in [6, 6.07) is 9.67. The van der Waals surface area contributed by atoms with Gasteiger partial charge in [0.2, 0.25) is 0 Å². The zero-order chi connectivity index (χ0) is 9.26. The molecule has 0 unspecified atom stereocenters. The number of H-pyrrole nitrogens is 1. The van der Waals surface area contributed by atoms with Gasteiger partial charge in [0, 0.05) is 6.07 Å². The van der Waals surface area contributed by atoms with E-state index in [9.17, 15) is 0 Å². The van der Waals surface area contributed by atoms with Crippen LogP contribution in [0.1, 0.15) is 5.56 Å². The average Bonchev–Trinajstić information content (AvgIpc) is 2.53. The predicted octanol–water partition coefficient (Wildman–Crippen LogP) is 1.84. The number of nitrogen functional groups attached to an aromatic ring is 1. The highest BCUT2D eigenvalue weighted by Crippen LogP contribution is 2.18. The molecule has 3 heteroatoms. The first kappa shape index (κ1) is 7.86. The molecule has 1 heterocycles. The first-order chi connectivity index (χ1) is 6.25. The fourth-order valence-corrected chi connectivity index (χ4v) is 1.17. The number of hydrogen-bond donors (Lipinski definition) is 2. The Morgan fingerprint density at radius 2 is 1.92 bits per heavy atom. The first-order valence-electron chi connectivity index (χ1n) is 3.99. The molecular formula is C10H10N3. The lowest BCUT2D eigenvalue weighted by Gasteiger charge is -1.96. The number of hydrogen-bond acceptors (Lipinski definition) is 2. The Morgan fingerprint density at radius 3 is 2.46 bits per heavy atom. The molecule has 0 saturated heterocycles. The molecule has 3 N–H and O–H groups in total. The molecule has 0 fully saturated rings. The summed E-state index contributed by atoms with van der Waals surface area (Å²) in [4.78, 5) is 0. The minimum absolute atomic E-state index is 0.508. The van der Waals surface area contributed by atoms with E-state index in [0.717, 1.165) is 16.8 Å². The van der Waals surface area contributed by atoms with Crippen LogP contribution in [0, 0.1) is 6.92 Å². The van der Waals surface area contributed by atoms with Gasteiger partial charge >= 0.3 is 0 Å². The number of aromatic nitrogens is 2.